The fourth-order valence-electron chi connectivity index (χ4n) is 3.74. The van der Waals surface area contributed by atoms with Crippen LogP contribution in [-0.4, -0.2) is 62.7 Å². The summed E-state index contributed by atoms with van der Waals surface area (Å²) in [5.41, 5.74) is 2.16. The van der Waals surface area contributed by atoms with Gasteiger partial charge in [-0.15, -0.1) is 0 Å². The van der Waals surface area contributed by atoms with Gasteiger partial charge in [-0.25, -0.2) is 0 Å². The monoisotopic (exact) mass is 362 g/mol. The van der Waals surface area contributed by atoms with Gasteiger partial charge >= 0.3 is 0 Å². The summed E-state index contributed by atoms with van der Waals surface area (Å²) in [6.07, 6.45) is 1.81. The number of carbonyl (C=O) groups excluding carboxylic acids is 2. The molecule has 3 heterocycles. The van der Waals surface area contributed by atoms with E-state index in [1.807, 2.05) is 15.9 Å². The predicted molar refractivity (Wildman–Crippen MR) is 92.1 cm³/mol. The number of aromatic nitrogens is 2. The number of benzene rings is 1. The van der Waals surface area contributed by atoms with Crippen LogP contribution >= 0.6 is 11.7 Å². The smallest absolute Gasteiger partial charge is 0.253 e. The molecule has 4 rings (SSSR count). The Kier molecular flexibility index (Phi) is 4.37. The van der Waals surface area contributed by atoms with Crippen molar-refractivity contribution < 1.29 is 14.0 Å². The molecule has 132 valence electrons. The van der Waals surface area contributed by atoms with Crippen molar-refractivity contribution in [3.05, 3.63) is 23.8 Å². The first-order valence-electron chi connectivity index (χ1n) is 8.52. The summed E-state index contributed by atoms with van der Waals surface area (Å²) in [6.45, 7) is 1.30. The first-order chi connectivity index (χ1) is 12.2. The van der Waals surface area contributed by atoms with Crippen LogP contribution in [0.4, 0.5) is 4.39 Å². The number of rotatable bonds is 3. The normalized spacial score (nSPS) is 22.1. The molecule has 2 saturated heterocycles. The highest BCUT2D eigenvalue weighted by atomic mass is 32.1. The van der Waals surface area contributed by atoms with Gasteiger partial charge in [0.2, 0.25) is 5.91 Å². The van der Waals surface area contributed by atoms with Crippen molar-refractivity contribution in [2.45, 2.75) is 25.3 Å². The minimum Gasteiger partial charge on any atom is -0.339 e. The molecule has 0 saturated carbocycles. The van der Waals surface area contributed by atoms with E-state index in [4.69, 9.17) is 0 Å². The molecule has 0 aliphatic carbocycles. The van der Waals surface area contributed by atoms with Crippen LogP contribution in [0.3, 0.4) is 0 Å². The lowest BCUT2D eigenvalue weighted by Gasteiger charge is -2.37. The predicted octanol–water partition coefficient (Wildman–Crippen LogP) is 2.11. The average Bonchev–Trinajstić information content (AvgIpc) is 3.26. The average molecular weight is 362 g/mol. The molecule has 2 aliphatic rings. The van der Waals surface area contributed by atoms with E-state index < -0.39 is 6.67 Å². The Morgan fingerprint density at radius 1 is 1.24 bits per heavy atom. The maximum atomic E-state index is 12.8. The molecular formula is C17H19FN4O2S. The molecule has 2 amide bonds. The number of hydrogen-bond donors (Lipinski definition) is 0. The van der Waals surface area contributed by atoms with Crippen LogP contribution in [0.15, 0.2) is 18.2 Å². The van der Waals surface area contributed by atoms with Crippen molar-refractivity contribution in [1.29, 1.82) is 0 Å². The van der Waals surface area contributed by atoms with Gasteiger partial charge < -0.3 is 9.80 Å². The SMILES string of the molecule is O=C(c1ccc2nsnc2c1)N1CCC(N2CC(CF)CC2=O)CC1. The quantitative estimate of drug-likeness (QED) is 0.839. The van der Waals surface area contributed by atoms with Gasteiger partial charge in [0.1, 0.15) is 11.0 Å². The first kappa shape index (κ1) is 16.4. The summed E-state index contributed by atoms with van der Waals surface area (Å²) >= 11 is 1.14. The molecular weight excluding hydrogens is 343 g/mol. The summed E-state index contributed by atoms with van der Waals surface area (Å²) in [5, 5.41) is 0. The van der Waals surface area contributed by atoms with Gasteiger partial charge in [0.05, 0.1) is 18.4 Å². The van der Waals surface area contributed by atoms with Crippen LogP contribution < -0.4 is 0 Å². The van der Waals surface area contributed by atoms with Crippen molar-refractivity contribution in [1.82, 2.24) is 18.5 Å². The Morgan fingerprint density at radius 3 is 2.72 bits per heavy atom. The van der Waals surface area contributed by atoms with Crippen LogP contribution in [0.25, 0.3) is 11.0 Å². The Bertz CT molecular complexity index is 803. The molecule has 25 heavy (non-hydrogen) atoms. The van der Waals surface area contributed by atoms with Crippen LogP contribution in [0.1, 0.15) is 29.6 Å². The topological polar surface area (TPSA) is 66.4 Å². The van der Waals surface area contributed by atoms with Gasteiger partial charge in [0.25, 0.3) is 5.91 Å². The molecule has 2 aromatic rings. The maximum absolute atomic E-state index is 12.8. The highest BCUT2D eigenvalue weighted by molar-refractivity contribution is 7.00. The number of likely N-dealkylation sites (tertiary alicyclic amines) is 2. The molecule has 0 spiro atoms. The van der Waals surface area contributed by atoms with Gasteiger partial charge in [-0.1, -0.05) is 0 Å². The van der Waals surface area contributed by atoms with Gasteiger partial charge in [0.15, 0.2) is 0 Å². The highest BCUT2D eigenvalue weighted by Gasteiger charge is 2.36. The number of alkyl halides is 1. The Balaban J connectivity index is 1.39. The first-order valence-corrected chi connectivity index (χ1v) is 9.26. The Labute approximate surface area is 148 Å². The van der Waals surface area contributed by atoms with E-state index >= 15 is 0 Å². The zero-order valence-electron chi connectivity index (χ0n) is 13.7. The van der Waals surface area contributed by atoms with Gasteiger partial charge in [0, 0.05) is 43.6 Å². The van der Waals surface area contributed by atoms with E-state index in [0.717, 1.165) is 35.6 Å². The molecule has 0 radical (unpaired) electrons. The van der Waals surface area contributed by atoms with Crippen LogP contribution in [-0.2, 0) is 4.79 Å². The Morgan fingerprint density at radius 2 is 2.00 bits per heavy atom. The molecule has 0 bridgehead atoms. The molecule has 0 N–H and O–H groups in total. The fraction of sp³-hybridized carbons (Fsp3) is 0.529. The number of halogens is 1. The molecule has 1 aromatic heterocycles. The highest BCUT2D eigenvalue weighted by Crippen LogP contribution is 2.26. The molecule has 2 aliphatic heterocycles. The van der Waals surface area contributed by atoms with Crippen molar-refractivity contribution in [3.63, 3.8) is 0 Å². The molecule has 1 atom stereocenters. The summed E-state index contributed by atoms with van der Waals surface area (Å²) < 4.78 is 21.1. The molecule has 1 aromatic carbocycles. The van der Waals surface area contributed by atoms with Crippen molar-refractivity contribution in [2.75, 3.05) is 26.3 Å². The van der Waals surface area contributed by atoms with E-state index in [-0.39, 0.29) is 23.8 Å². The lowest BCUT2D eigenvalue weighted by molar-refractivity contribution is -0.130. The van der Waals surface area contributed by atoms with E-state index in [1.54, 1.807) is 12.1 Å². The number of hydrogen-bond acceptors (Lipinski definition) is 5. The third-order valence-electron chi connectivity index (χ3n) is 5.15. The molecule has 1 unspecified atom stereocenters. The summed E-state index contributed by atoms with van der Waals surface area (Å²) in [7, 11) is 0. The molecule has 6 nitrogen and oxygen atoms in total. The van der Waals surface area contributed by atoms with E-state index in [9.17, 15) is 14.0 Å². The standard InChI is InChI=1S/C17H19FN4O2S/c18-9-11-7-16(23)22(10-11)13-3-5-21(6-4-13)17(24)12-1-2-14-15(8-12)20-25-19-14/h1-2,8,11,13H,3-7,9-10H2. The van der Waals surface area contributed by atoms with Crippen LogP contribution in [0.2, 0.25) is 0 Å². The Hall–Kier alpha value is -2.09. The van der Waals surface area contributed by atoms with Gasteiger partial charge in [-0.3, -0.25) is 14.0 Å². The largest absolute Gasteiger partial charge is 0.339 e. The van der Waals surface area contributed by atoms with Gasteiger partial charge in [-0.05, 0) is 31.0 Å². The number of amides is 2. The van der Waals surface area contributed by atoms with Crippen LogP contribution in [0.5, 0.6) is 0 Å². The lowest BCUT2D eigenvalue weighted by atomic mass is 10.0. The second-order valence-electron chi connectivity index (χ2n) is 6.76. The fourth-order valence-corrected chi connectivity index (χ4v) is 4.26. The summed E-state index contributed by atoms with van der Waals surface area (Å²) in [4.78, 5) is 28.4. The molecule has 2 fully saturated rings. The third-order valence-corrected chi connectivity index (χ3v) is 5.71. The zero-order chi connectivity index (χ0) is 17.4. The zero-order valence-corrected chi connectivity index (χ0v) is 14.5. The van der Waals surface area contributed by atoms with Crippen LogP contribution in [0, 0.1) is 5.92 Å². The number of fused-ring (bicyclic) bond motifs is 1. The lowest BCUT2D eigenvalue weighted by Crippen LogP contribution is -2.47. The summed E-state index contributed by atoms with van der Waals surface area (Å²) in [6, 6.07) is 5.51. The second-order valence-corrected chi connectivity index (χ2v) is 7.29. The minimum atomic E-state index is -0.437. The third kappa shape index (κ3) is 3.10. The number of nitrogens with zero attached hydrogens (tertiary/aromatic N) is 4. The number of carbonyl (C=O) groups is 2. The minimum absolute atomic E-state index is 0.0114. The van der Waals surface area contributed by atoms with E-state index in [1.165, 1.54) is 0 Å². The number of piperidine rings is 1. The van der Waals surface area contributed by atoms with E-state index in [2.05, 4.69) is 8.75 Å². The summed E-state index contributed by atoms with van der Waals surface area (Å²) in [5.74, 6) is -0.123. The molecule has 8 heteroatoms. The van der Waals surface area contributed by atoms with E-state index in [0.29, 0.717) is 31.6 Å². The second kappa shape index (κ2) is 6.67. The van der Waals surface area contributed by atoms with Gasteiger partial charge in [-0.2, -0.15) is 8.75 Å². The van der Waals surface area contributed by atoms with Crippen molar-refractivity contribution in [3.8, 4) is 0 Å². The van der Waals surface area contributed by atoms with Crippen molar-refractivity contribution >= 4 is 34.6 Å². The maximum Gasteiger partial charge on any atom is 0.253 e. The van der Waals surface area contributed by atoms with Crippen molar-refractivity contribution in [2.24, 2.45) is 5.92 Å².